The molecule has 3 rings (SSSR count). The fourth-order valence-electron chi connectivity index (χ4n) is 4.20. The average Bonchev–Trinajstić information content (AvgIpc) is 2.85. The molecular weight excluding hydrogens is 448 g/mol. The number of nitrogens with zero attached hydrogens (tertiary/aromatic N) is 3. The molecule has 0 unspecified atom stereocenters. The Hall–Kier alpha value is -3.01. The Morgan fingerprint density at radius 1 is 1.17 bits per heavy atom. The van der Waals surface area contributed by atoms with Crippen molar-refractivity contribution in [3.05, 3.63) is 53.9 Å². The van der Waals surface area contributed by atoms with Crippen LogP contribution in [-0.2, 0) is 20.8 Å². The van der Waals surface area contributed by atoms with Gasteiger partial charge in [-0.2, -0.15) is 0 Å². The van der Waals surface area contributed by atoms with Crippen LogP contribution in [0.15, 0.2) is 42.7 Å². The average molecular weight is 485 g/mol. The number of carbonyl (C=O) groups is 2. The van der Waals surface area contributed by atoms with Gasteiger partial charge in [-0.15, -0.1) is 0 Å². The Bertz CT molecular complexity index is 987. The van der Waals surface area contributed by atoms with E-state index in [4.69, 9.17) is 14.2 Å². The lowest BCUT2D eigenvalue weighted by Gasteiger charge is -2.36. The summed E-state index contributed by atoms with van der Waals surface area (Å²) >= 11 is 0. The summed E-state index contributed by atoms with van der Waals surface area (Å²) < 4.78 is 16.9. The van der Waals surface area contributed by atoms with Crippen molar-refractivity contribution in [2.24, 2.45) is 5.92 Å². The maximum Gasteiger partial charge on any atom is 0.257 e. The first kappa shape index (κ1) is 26.6. The molecule has 2 aromatic rings. The topological polar surface area (TPSA) is 93.2 Å². The lowest BCUT2D eigenvalue weighted by atomic mass is 10.0. The molecule has 190 valence electrons. The van der Waals surface area contributed by atoms with Crippen LogP contribution in [0.3, 0.4) is 0 Å². The number of ether oxygens (including phenoxy) is 3. The molecule has 0 spiro atoms. The zero-order chi connectivity index (χ0) is 25.4. The minimum Gasteiger partial charge on any atom is -0.491 e. The highest BCUT2D eigenvalue weighted by Crippen LogP contribution is 2.27. The summed E-state index contributed by atoms with van der Waals surface area (Å²) in [5, 5.41) is 2.77. The van der Waals surface area contributed by atoms with Gasteiger partial charge in [0, 0.05) is 71.1 Å². The molecular formula is C26H36N4O5. The molecule has 1 aliphatic rings. The van der Waals surface area contributed by atoms with E-state index < -0.39 is 0 Å². The van der Waals surface area contributed by atoms with Crippen LogP contribution in [0.5, 0.6) is 5.75 Å². The van der Waals surface area contributed by atoms with Crippen LogP contribution in [0.4, 0.5) is 5.69 Å². The fourth-order valence-corrected chi connectivity index (χ4v) is 4.20. The minimum absolute atomic E-state index is 0.0509. The van der Waals surface area contributed by atoms with Crippen LogP contribution in [0, 0.1) is 5.92 Å². The number of anilines is 1. The maximum absolute atomic E-state index is 13.3. The summed E-state index contributed by atoms with van der Waals surface area (Å²) in [5.41, 5.74) is 2.14. The van der Waals surface area contributed by atoms with Gasteiger partial charge in [-0.25, -0.2) is 0 Å². The number of carbonyl (C=O) groups excluding carboxylic acids is 2. The Balaban J connectivity index is 1.92. The monoisotopic (exact) mass is 484 g/mol. The summed E-state index contributed by atoms with van der Waals surface area (Å²) in [6.07, 6.45) is 3.46. The number of aromatic nitrogens is 1. The van der Waals surface area contributed by atoms with Gasteiger partial charge in [0.1, 0.15) is 19.0 Å². The van der Waals surface area contributed by atoms with Crippen molar-refractivity contribution in [3.8, 4) is 5.75 Å². The number of pyridine rings is 1. The SMILES string of the molecule is COCC(=O)Nc1ccc2c(c1)OC[C@H](C)N(Cc1ccncc1)C[C@H](C)[C@@H](OC)CN(C)C2=O. The molecule has 0 bridgehead atoms. The number of likely N-dealkylation sites (N-methyl/N-ethyl adjacent to an activating group) is 1. The van der Waals surface area contributed by atoms with Gasteiger partial charge in [0.2, 0.25) is 5.91 Å². The van der Waals surface area contributed by atoms with E-state index >= 15 is 0 Å². The molecule has 2 heterocycles. The second-order valence-corrected chi connectivity index (χ2v) is 9.07. The lowest BCUT2D eigenvalue weighted by Crippen LogP contribution is -2.46. The molecule has 0 saturated heterocycles. The highest BCUT2D eigenvalue weighted by Gasteiger charge is 2.28. The summed E-state index contributed by atoms with van der Waals surface area (Å²) in [4.78, 5) is 33.5. The second kappa shape index (κ2) is 12.6. The third-order valence-corrected chi connectivity index (χ3v) is 6.27. The number of benzene rings is 1. The van der Waals surface area contributed by atoms with Gasteiger partial charge in [-0.3, -0.25) is 19.5 Å². The van der Waals surface area contributed by atoms with E-state index in [-0.39, 0.29) is 36.5 Å². The largest absolute Gasteiger partial charge is 0.491 e. The van der Waals surface area contributed by atoms with Crippen molar-refractivity contribution in [2.45, 2.75) is 32.5 Å². The Morgan fingerprint density at radius 2 is 1.91 bits per heavy atom. The molecule has 0 radical (unpaired) electrons. The number of hydrogen-bond donors (Lipinski definition) is 1. The molecule has 2 amide bonds. The third kappa shape index (κ3) is 7.24. The van der Waals surface area contributed by atoms with Crippen LogP contribution in [0.2, 0.25) is 0 Å². The molecule has 3 atom stereocenters. The molecule has 0 fully saturated rings. The quantitative estimate of drug-likeness (QED) is 0.674. The predicted octanol–water partition coefficient (Wildman–Crippen LogP) is 2.67. The van der Waals surface area contributed by atoms with E-state index in [1.807, 2.05) is 12.1 Å². The number of amides is 2. The van der Waals surface area contributed by atoms with Gasteiger partial charge in [0.15, 0.2) is 0 Å². The molecule has 0 saturated carbocycles. The zero-order valence-electron chi connectivity index (χ0n) is 21.2. The molecule has 1 aromatic heterocycles. The smallest absolute Gasteiger partial charge is 0.257 e. The number of methoxy groups -OCH3 is 2. The first-order valence-electron chi connectivity index (χ1n) is 11.8. The number of nitrogens with one attached hydrogen (secondary N) is 1. The number of rotatable bonds is 6. The summed E-state index contributed by atoms with van der Waals surface area (Å²) in [6.45, 7) is 6.52. The van der Waals surface area contributed by atoms with Crippen molar-refractivity contribution in [2.75, 3.05) is 52.9 Å². The normalized spacial score (nSPS) is 21.9. The van der Waals surface area contributed by atoms with Crippen LogP contribution in [0.25, 0.3) is 0 Å². The van der Waals surface area contributed by atoms with Crippen molar-refractivity contribution >= 4 is 17.5 Å². The lowest BCUT2D eigenvalue weighted by molar-refractivity contribution is -0.119. The third-order valence-electron chi connectivity index (χ3n) is 6.27. The summed E-state index contributed by atoms with van der Waals surface area (Å²) in [7, 11) is 4.92. The first-order valence-corrected chi connectivity index (χ1v) is 11.8. The first-order chi connectivity index (χ1) is 16.8. The molecule has 1 N–H and O–H groups in total. The summed E-state index contributed by atoms with van der Waals surface area (Å²) in [6, 6.07) is 9.15. The van der Waals surface area contributed by atoms with E-state index in [1.165, 1.54) is 7.11 Å². The van der Waals surface area contributed by atoms with Gasteiger partial charge in [0.05, 0.1) is 11.7 Å². The van der Waals surface area contributed by atoms with E-state index in [9.17, 15) is 9.59 Å². The van der Waals surface area contributed by atoms with E-state index in [1.54, 1.807) is 49.7 Å². The van der Waals surface area contributed by atoms with E-state index in [2.05, 4.69) is 29.0 Å². The number of hydrogen-bond acceptors (Lipinski definition) is 7. The second-order valence-electron chi connectivity index (χ2n) is 9.07. The van der Waals surface area contributed by atoms with Crippen molar-refractivity contribution in [1.29, 1.82) is 0 Å². The van der Waals surface area contributed by atoms with Crippen molar-refractivity contribution in [3.63, 3.8) is 0 Å². The fraction of sp³-hybridized carbons (Fsp3) is 0.500. The highest BCUT2D eigenvalue weighted by molar-refractivity contribution is 5.98. The van der Waals surface area contributed by atoms with E-state index in [0.29, 0.717) is 30.2 Å². The molecule has 9 heteroatoms. The van der Waals surface area contributed by atoms with Crippen LogP contribution >= 0.6 is 0 Å². The van der Waals surface area contributed by atoms with Crippen LogP contribution in [-0.4, -0.2) is 86.3 Å². The van der Waals surface area contributed by atoms with E-state index in [0.717, 1.165) is 18.7 Å². The Kier molecular flexibility index (Phi) is 9.59. The zero-order valence-corrected chi connectivity index (χ0v) is 21.2. The minimum atomic E-state index is -0.280. The van der Waals surface area contributed by atoms with Crippen LogP contribution < -0.4 is 10.1 Å². The van der Waals surface area contributed by atoms with Gasteiger partial charge in [-0.05, 0) is 42.7 Å². The van der Waals surface area contributed by atoms with Gasteiger partial charge in [-0.1, -0.05) is 6.92 Å². The molecule has 1 aromatic carbocycles. The molecule has 1 aliphatic heterocycles. The van der Waals surface area contributed by atoms with Gasteiger partial charge >= 0.3 is 0 Å². The van der Waals surface area contributed by atoms with Gasteiger partial charge < -0.3 is 24.4 Å². The van der Waals surface area contributed by atoms with Crippen molar-refractivity contribution in [1.82, 2.24) is 14.8 Å². The Morgan fingerprint density at radius 3 is 2.60 bits per heavy atom. The molecule has 0 aliphatic carbocycles. The van der Waals surface area contributed by atoms with Gasteiger partial charge in [0.25, 0.3) is 5.91 Å². The van der Waals surface area contributed by atoms with Crippen LogP contribution in [0.1, 0.15) is 29.8 Å². The Labute approximate surface area is 207 Å². The predicted molar refractivity (Wildman–Crippen MR) is 133 cm³/mol. The highest BCUT2D eigenvalue weighted by atomic mass is 16.5. The molecule has 35 heavy (non-hydrogen) atoms. The van der Waals surface area contributed by atoms with Crippen molar-refractivity contribution < 1.29 is 23.8 Å². The molecule has 9 nitrogen and oxygen atoms in total. The number of fused-ring (bicyclic) bond motifs is 1. The standard InChI is InChI=1S/C26H36N4O5/c1-18-13-30(14-20-8-10-27-11-9-20)19(2)16-35-23-12-21(28-25(31)17-33-4)6-7-22(23)26(32)29(3)15-24(18)34-5/h6-12,18-19,24H,13-17H2,1-5H3,(H,28,31)/t18-,19-,24-/m0/s1. The summed E-state index contributed by atoms with van der Waals surface area (Å²) in [5.74, 6) is 0.163. The maximum atomic E-state index is 13.3.